The summed E-state index contributed by atoms with van der Waals surface area (Å²) in [4.78, 5) is 15.7. The lowest BCUT2D eigenvalue weighted by Gasteiger charge is -2.11. The lowest BCUT2D eigenvalue weighted by molar-refractivity contribution is -0.137. The van der Waals surface area contributed by atoms with Gasteiger partial charge in [-0.25, -0.2) is 0 Å². The Labute approximate surface area is 165 Å². The van der Waals surface area contributed by atoms with Crippen molar-refractivity contribution in [3.05, 3.63) is 90.3 Å². The van der Waals surface area contributed by atoms with Crippen LogP contribution in [0.1, 0.15) is 11.1 Å². The maximum Gasteiger partial charge on any atom is 0.317 e. The van der Waals surface area contributed by atoms with E-state index in [1.54, 1.807) is 11.9 Å². The number of allylic oxidation sites excluding steroid dienone is 1. The molecule has 0 saturated carbocycles. The van der Waals surface area contributed by atoms with E-state index in [0.29, 0.717) is 6.54 Å². The monoisotopic (exact) mass is 370 g/mol. The molecular formula is C24H22N2O2. The molecule has 0 aliphatic rings. The van der Waals surface area contributed by atoms with Crippen molar-refractivity contribution >= 4 is 11.5 Å². The van der Waals surface area contributed by atoms with Crippen LogP contribution in [0.4, 0.5) is 0 Å². The predicted molar refractivity (Wildman–Crippen MR) is 113 cm³/mol. The second-order valence-electron chi connectivity index (χ2n) is 6.50. The Morgan fingerprint density at radius 1 is 1.07 bits per heavy atom. The first-order chi connectivity index (χ1) is 13.6. The number of hydrogen-bond acceptors (Lipinski definition) is 2. The van der Waals surface area contributed by atoms with Gasteiger partial charge in [-0.3, -0.25) is 9.69 Å². The van der Waals surface area contributed by atoms with E-state index in [1.165, 1.54) is 0 Å². The number of likely N-dealkylation sites (N-methyl/N-ethyl adjacent to an activating group) is 1. The van der Waals surface area contributed by atoms with E-state index in [-0.39, 0.29) is 6.54 Å². The molecule has 0 bridgehead atoms. The molecule has 3 aromatic rings. The van der Waals surface area contributed by atoms with E-state index < -0.39 is 5.97 Å². The molecular weight excluding hydrogens is 348 g/mol. The summed E-state index contributed by atoms with van der Waals surface area (Å²) in [6, 6.07) is 20.1. The summed E-state index contributed by atoms with van der Waals surface area (Å²) < 4.78 is 0. The molecule has 2 N–H and O–H groups in total. The number of aliphatic carboxylic acids is 1. The van der Waals surface area contributed by atoms with Crippen LogP contribution >= 0.6 is 0 Å². The highest BCUT2D eigenvalue weighted by atomic mass is 16.4. The Morgan fingerprint density at radius 3 is 2.46 bits per heavy atom. The van der Waals surface area contributed by atoms with E-state index in [0.717, 1.165) is 27.8 Å². The van der Waals surface area contributed by atoms with E-state index in [2.05, 4.69) is 29.0 Å². The number of rotatable bonds is 6. The fourth-order valence-corrected chi connectivity index (χ4v) is 2.79. The van der Waals surface area contributed by atoms with Gasteiger partial charge < -0.3 is 10.1 Å². The van der Waals surface area contributed by atoms with Crippen LogP contribution in [0.3, 0.4) is 0 Å². The van der Waals surface area contributed by atoms with Crippen molar-refractivity contribution in [3.63, 3.8) is 0 Å². The first kappa shape index (κ1) is 19.2. The quantitative estimate of drug-likeness (QED) is 0.642. The average Bonchev–Trinajstić information content (AvgIpc) is 3.23. The van der Waals surface area contributed by atoms with E-state index >= 15 is 0 Å². The maximum atomic E-state index is 10.9. The molecule has 0 saturated heterocycles. The fraction of sp³-hybridized carbons (Fsp3) is 0.125. The molecule has 0 amide bonds. The molecule has 0 unspecified atom stereocenters. The van der Waals surface area contributed by atoms with Gasteiger partial charge in [-0.15, -0.1) is 0 Å². The van der Waals surface area contributed by atoms with Crippen LogP contribution in [-0.4, -0.2) is 41.1 Å². The molecule has 1 heterocycles. The molecule has 140 valence electrons. The summed E-state index contributed by atoms with van der Waals surface area (Å²) in [6.45, 7) is 0.504. The van der Waals surface area contributed by atoms with Crippen molar-refractivity contribution in [1.82, 2.24) is 9.88 Å². The van der Waals surface area contributed by atoms with Gasteiger partial charge in [-0.2, -0.15) is 0 Å². The Hall–Kier alpha value is -3.55. The van der Waals surface area contributed by atoms with Gasteiger partial charge >= 0.3 is 5.97 Å². The normalized spacial score (nSPS) is 11.1. The van der Waals surface area contributed by atoms with Gasteiger partial charge in [0.15, 0.2) is 0 Å². The number of benzene rings is 2. The summed E-state index contributed by atoms with van der Waals surface area (Å²) in [5, 5.41) is 8.92. The zero-order valence-electron chi connectivity index (χ0n) is 15.7. The molecule has 1 aromatic heterocycles. The number of aromatic amines is 1. The second kappa shape index (κ2) is 9.40. The zero-order valence-corrected chi connectivity index (χ0v) is 15.7. The van der Waals surface area contributed by atoms with Gasteiger partial charge in [0.25, 0.3) is 0 Å². The smallest absolute Gasteiger partial charge is 0.317 e. The van der Waals surface area contributed by atoms with Crippen LogP contribution in [0.5, 0.6) is 0 Å². The minimum absolute atomic E-state index is 0.00733. The first-order valence-corrected chi connectivity index (χ1v) is 9.03. The number of carbonyl (C=O) groups is 1. The van der Waals surface area contributed by atoms with Crippen LogP contribution < -0.4 is 0 Å². The van der Waals surface area contributed by atoms with Gasteiger partial charge in [0, 0.05) is 30.1 Å². The molecule has 0 spiro atoms. The molecule has 0 aliphatic heterocycles. The van der Waals surface area contributed by atoms with Crippen LogP contribution in [-0.2, 0) is 4.79 Å². The third kappa shape index (κ3) is 5.47. The molecule has 4 nitrogen and oxygen atoms in total. The third-order valence-corrected chi connectivity index (χ3v) is 4.25. The summed E-state index contributed by atoms with van der Waals surface area (Å²) in [5.74, 6) is 5.62. The molecule has 3 rings (SSSR count). The minimum atomic E-state index is -0.842. The summed E-state index contributed by atoms with van der Waals surface area (Å²) in [5.41, 5.74) is 5.11. The molecule has 2 aromatic carbocycles. The summed E-state index contributed by atoms with van der Waals surface area (Å²) in [6.07, 6.45) is 5.84. The number of aromatic nitrogens is 1. The van der Waals surface area contributed by atoms with Crippen molar-refractivity contribution < 1.29 is 9.90 Å². The summed E-state index contributed by atoms with van der Waals surface area (Å²) >= 11 is 0. The Bertz CT molecular complexity index is 992. The lowest BCUT2D eigenvalue weighted by Crippen LogP contribution is -2.25. The average molecular weight is 370 g/mol. The van der Waals surface area contributed by atoms with Crippen molar-refractivity contribution in [2.75, 3.05) is 20.1 Å². The summed E-state index contributed by atoms with van der Waals surface area (Å²) in [7, 11) is 1.78. The Kier molecular flexibility index (Phi) is 6.46. The zero-order chi connectivity index (χ0) is 19.8. The van der Waals surface area contributed by atoms with Crippen LogP contribution in [0.25, 0.3) is 16.7 Å². The highest BCUT2D eigenvalue weighted by molar-refractivity contribution is 5.80. The third-order valence-electron chi connectivity index (χ3n) is 4.25. The van der Waals surface area contributed by atoms with Crippen molar-refractivity contribution in [3.8, 4) is 23.0 Å². The van der Waals surface area contributed by atoms with Gasteiger partial charge in [-0.1, -0.05) is 60.4 Å². The molecule has 4 heteroatoms. The topological polar surface area (TPSA) is 56.3 Å². The Morgan fingerprint density at radius 2 is 1.82 bits per heavy atom. The number of carboxylic acid groups (broad SMARTS) is 1. The van der Waals surface area contributed by atoms with Gasteiger partial charge in [-0.05, 0) is 41.9 Å². The van der Waals surface area contributed by atoms with Gasteiger partial charge in [0.1, 0.15) is 0 Å². The SMILES string of the molecule is CN(C/C=C(/C#Cc1ccc(-c2cc[nH]c2)cc1)c1ccccc1)CC(=O)O. The standard InChI is InChI=1S/C24H22N2O2/c1-26(18-24(27)28)16-14-22(20-5-3-2-4-6-20)12-9-19-7-10-21(11-8-19)23-13-15-25-17-23/h2-8,10-11,13-15,17,25H,16,18H2,1H3,(H,27,28)/b22-14-. The van der Waals surface area contributed by atoms with Crippen molar-refractivity contribution in [1.29, 1.82) is 0 Å². The van der Waals surface area contributed by atoms with E-state index in [4.69, 9.17) is 5.11 Å². The highest BCUT2D eigenvalue weighted by Gasteiger charge is 2.04. The molecule has 0 aliphatic carbocycles. The van der Waals surface area contributed by atoms with Crippen LogP contribution in [0.2, 0.25) is 0 Å². The largest absolute Gasteiger partial charge is 0.480 e. The lowest BCUT2D eigenvalue weighted by atomic mass is 10.0. The minimum Gasteiger partial charge on any atom is -0.480 e. The fourth-order valence-electron chi connectivity index (χ4n) is 2.79. The second-order valence-corrected chi connectivity index (χ2v) is 6.50. The van der Waals surface area contributed by atoms with Crippen molar-refractivity contribution in [2.45, 2.75) is 0 Å². The Balaban J connectivity index is 1.81. The molecule has 0 fully saturated rings. The van der Waals surface area contributed by atoms with Gasteiger partial charge in [0.2, 0.25) is 0 Å². The van der Waals surface area contributed by atoms with Gasteiger partial charge in [0.05, 0.1) is 6.54 Å². The van der Waals surface area contributed by atoms with E-state index in [9.17, 15) is 4.79 Å². The van der Waals surface area contributed by atoms with Crippen LogP contribution in [0, 0.1) is 11.8 Å². The highest BCUT2D eigenvalue weighted by Crippen LogP contribution is 2.19. The number of nitrogens with zero attached hydrogens (tertiary/aromatic N) is 1. The molecule has 28 heavy (non-hydrogen) atoms. The number of carboxylic acids is 1. The van der Waals surface area contributed by atoms with Crippen molar-refractivity contribution in [2.24, 2.45) is 0 Å². The number of H-pyrrole nitrogens is 1. The molecule has 0 atom stereocenters. The predicted octanol–water partition coefficient (Wildman–Crippen LogP) is 4.13. The van der Waals surface area contributed by atoms with E-state index in [1.807, 2.05) is 67.0 Å². The molecule has 0 radical (unpaired) electrons. The number of hydrogen-bond donors (Lipinski definition) is 2. The van der Waals surface area contributed by atoms with Crippen LogP contribution in [0.15, 0.2) is 79.1 Å². The number of nitrogens with one attached hydrogen (secondary N) is 1. The maximum absolute atomic E-state index is 10.9. The first-order valence-electron chi connectivity index (χ1n) is 9.03.